The number of likely N-dealkylation sites (tertiary alicyclic amines) is 1. The zero-order valence-electron chi connectivity index (χ0n) is 15.6. The minimum absolute atomic E-state index is 0.0793. The van der Waals surface area contributed by atoms with Gasteiger partial charge in [0.15, 0.2) is 5.65 Å². The molecule has 3 aromatic rings. The molecule has 0 saturated carbocycles. The first-order valence-corrected chi connectivity index (χ1v) is 9.30. The maximum atomic E-state index is 11.9. The zero-order chi connectivity index (χ0) is 19.5. The van der Waals surface area contributed by atoms with E-state index in [0.717, 1.165) is 12.8 Å². The Kier molecular flexibility index (Phi) is 4.96. The summed E-state index contributed by atoms with van der Waals surface area (Å²) in [7, 11) is 0. The van der Waals surface area contributed by atoms with Gasteiger partial charge < -0.3 is 20.1 Å². The Hall–Kier alpha value is -3.36. The van der Waals surface area contributed by atoms with Gasteiger partial charge in [0.2, 0.25) is 0 Å². The van der Waals surface area contributed by atoms with Crippen LogP contribution in [0.4, 0.5) is 10.6 Å². The number of benzene rings is 1. The quantitative estimate of drug-likeness (QED) is 0.739. The van der Waals surface area contributed by atoms with Gasteiger partial charge in [0.1, 0.15) is 23.3 Å². The van der Waals surface area contributed by atoms with Crippen LogP contribution >= 0.6 is 0 Å². The summed E-state index contributed by atoms with van der Waals surface area (Å²) < 4.78 is 12.9. The molecule has 146 valence electrons. The van der Waals surface area contributed by atoms with Crippen LogP contribution in [0.25, 0.3) is 11.0 Å². The van der Waals surface area contributed by atoms with Gasteiger partial charge in [-0.3, -0.25) is 0 Å². The second-order valence-electron chi connectivity index (χ2n) is 6.54. The van der Waals surface area contributed by atoms with Crippen molar-refractivity contribution in [1.29, 1.82) is 0 Å². The Labute approximate surface area is 162 Å². The lowest BCUT2D eigenvalue weighted by molar-refractivity contribution is 0.0918. The van der Waals surface area contributed by atoms with Crippen molar-refractivity contribution >= 4 is 22.9 Å². The van der Waals surface area contributed by atoms with Gasteiger partial charge >= 0.3 is 6.09 Å². The fourth-order valence-electron chi connectivity index (χ4n) is 3.40. The highest BCUT2D eigenvalue weighted by molar-refractivity contribution is 5.90. The maximum Gasteiger partial charge on any atom is 0.409 e. The molecular formula is C19H22N6O3. The van der Waals surface area contributed by atoms with E-state index in [2.05, 4.69) is 15.1 Å². The first-order chi connectivity index (χ1) is 13.7. The summed E-state index contributed by atoms with van der Waals surface area (Å²) in [6.07, 6.45) is 2.63. The Morgan fingerprint density at radius 1 is 1.21 bits per heavy atom. The van der Waals surface area contributed by atoms with Crippen molar-refractivity contribution in [2.75, 3.05) is 25.4 Å². The molecule has 0 bridgehead atoms. The van der Waals surface area contributed by atoms with E-state index in [4.69, 9.17) is 15.2 Å². The molecule has 0 atom stereocenters. The third-order valence-corrected chi connectivity index (χ3v) is 4.78. The highest BCUT2D eigenvalue weighted by Gasteiger charge is 2.28. The smallest absolute Gasteiger partial charge is 0.409 e. The number of ether oxygens (including phenoxy) is 2. The number of amides is 1. The van der Waals surface area contributed by atoms with E-state index in [-0.39, 0.29) is 12.1 Å². The lowest BCUT2D eigenvalue weighted by Crippen LogP contribution is -2.39. The van der Waals surface area contributed by atoms with Crippen molar-refractivity contribution in [3.05, 3.63) is 36.7 Å². The minimum Gasteiger partial charge on any atom is -0.450 e. The lowest BCUT2D eigenvalue weighted by atomic mass is 10.1. The molecule has 0 spiro atoms. The van der Waals surface area contributed by atoms with E-state index in [9.17, 15) is 4.79 Å². The largest absolute Gasteiger partial charge is 0.450 e. The Balaban J connectivity index is 1.62. The van der Waals surface area contributed by atoms with E-state index in [1.54, 1.807) is 11.8 Å². The van der Waals surface area contributed by atoms with Gasteiger partial charge in [-0.05, 0) is 31.9 Å². The maximum absolute atomic E-state index is 11.9. The van der Waals surface area contributed by atoms with Crippen molar-refractivity contribution < 1.29 is 14.3 Å². The molecule has 1 saturated heterocycles. The van der Waals surface area contributed by atoms with Gasteiger partial charge in [-0.1, -0.05) is 18.2 Å². The number of piperidine rings is 1. The minimum atomic E-state index is -0.272. The summed E-state index contributed by atoms with van der Waals surface area (Å²) in [5.74, 6) is 1.37. The molecule has 9 heteroatoms. The average Bonchev–Trinajstić information content (AvgIpc) is 3.09. The average molecular weight is 382 g/mol. The number of hydrogen-bond acceptors (Lipinski definition) is 7. The monoisotopic (exact) mass is 382 g/mol. The van der Waals surface area contributed by atoms with Crippen molar-refractivity contribution in [2.24, 2.45) is 0 Å². The molecule has 3 heterocycles. The first-order valence-electron chi connectivity index (χ1n) is 9.30. The molecule has 0 unspecified atom stereocenters. The Bertz CT molecular complexity index is 966. The Morgan fingerprint density at radius 3 is 2.68 bits per heavy atom. The summed E-state index contributed by atoms with van der Waals surface area (Å²) >= 11 is 0. The van der Waals surface area contributed by atoms with Crippen LogP contribution in [0.2, 0.25) is 0 Å². The summed E-state index contributed by atoms with van der Waals surface area (Å²) in [6.45, 7) is 3.37. The number of para-hydroxylation sites is 1. The molecule has 1 amide bonds. The van der Waals surface area contributed by atoms with Crippen molar-refractivity contribution in [2.45, 2.75) is 25.8 Å². The molecule has 1 aromatic carbocycles. The van der Waals surface area contributed by atoms with E-state index in [0.29, 0.717) is 48.2 Å². The van der Waals surface area contributed by atoms with Crippen molar-refractivity contribution in [3.63, 3.8) is 0 Å². The highest BCUT2D eigenvalue weighted by Crippen LogP contribution is 2.34. The number of hydrogen-bond donors (Lipinski definition) is 1. The predicted molar refractivity (Wildman–Crippen MR) is 103 cm³/mol. The molecule has 4 rings (SSSR count). The van der Waals surface area contributed by atoms with Crippen molar-refractivity contribution in [3.8, 4) is 11.6 Å². The molecule has 2 aromatic heterocycles. The zero-order valence-corrected chi connectivity index (χ0v) is 15.6. The van der Waals surface area contributed by atoms with Gasteiger partial charge in [0.25, 0.3) is 5.88 Å². The predicted octanol–water partition coefficient (Wildman–Crippen LogP) is 2.99. The van der Waals surface area contributed by atoms with E-state index in [1.165, 1.54) is 6.33 Å². The van der Waals surface area contributed by atoms with Gasteiger partial charge in [-0.15, -0.1) is 5.10 Å². The molecule has 2 N–H and O–H groups in total. The summed E-state index contributed by atoms with van der Waals surface area (Å²) in [6, 6.07) is 9.47. The normalized spacial score (nSPS) is 15.0. The number of nitrogens with zero attached hydrogens (tertiary/aromatic N) is 5. The van der Waals surface area contributed by atoms with Crippen molar-refractivity contribution in [1.82, 2.24) is 24.6 Å². The molecule has 1 fully saturated rings. The number of nitrogen functional groups attached to an aromatic ring is 1. The molecule has 0 aliphatic carbocycles. The topological polar surface area (TPSA) is 108 Å². The lowest BCUT2D eigenvalue weighted by Gasteiger charge is -2.31. The number of rotatable bonds is 4. The fourth-order valence-corrected chi connectivity index (χ4v) is 3.40. The third kappa shape index (κ3) is 3.42. The third-order valence-electron chi connectivity index (χ3n) is 4.78. The van der Waals surface area contributed by atoms with Gasteiger partial charge in [-0.25, -0.2) is 19.4 Å². The second kappa shape index (κ2) is 7.71. The van der Waals surface area contributed by atoms with E-state index in [1.807, 2.05) is 35.0 Å². The molecular weight excluding hydrogens is 360 g/mol. The van der Waals surface area contributed by atoms with Crippen LogP contribution in [0, 0.1) is 0 Å². The summed E-state index contributed by atoms with van der Waals surface area (Å²) in [5.41, 5.74) is 6.73. The van der Waals surface area contributed by atoms with Crippen LogP contribution < -0.4 is 10.5 Å². The number of carbonyl (C=O) groups excluding carboxylic acids is 1. The van der Waals surface area contributed by atoms with Crippen LogP contribution in [0.1, 0.15) is 25.8 Å². The number of aromatic nitrogens is 4. The highest BCUT2D eigenvalue weighted by atomic mass is 16.6. The number of carbonyl (C=O) groups is 1. The van der Waals surface area contributed by atoms with Crippen LogP contribution in [-0.4, -0.2) is 50.4 Å². The van der Waals surface area contributed by atoms with Crippen LogP contribution in [0.15, 0.2) is 36.7 Å². The summed E-state index contributed by atoms with van der Waals surface area (Å²) in [4.78, 5) is 22.1. The standard InChI is InChI=1S/C19H22N6O3/c1-2-27-19(26)24-10-8-13(9-11-24)25-17-15(16(20)21-12-22-17)18(23-25)28-14-6-4-3-5-7-14/h3-7,12-13H,2,8-11H2,1H3,(H2,20,21,22). The summed E-state index contributed by atoms with van der Waals surface area (Å²) in [5, 5.41) is 5.25. The number of nitrogens with two attached hydrogens (primary N) is 1. The van der Waals surface area contributed by atoms with Gasteiger partial charge in [0, 0.05) is 13.1 Å². The molecule has 1 aliphatic heterocycles. The fraction of sp³-hybridized carbons (Fsp3) is 0.368. The van der Waals surface area contributed by atoms with Crippen LogP contribution in [-0.2, 0) is 4.74 Å². The number of anilines is 1. The van der Waals surface area contributed by atoms with Crippen LogP contribution in [0.5, 0.6) is 11.6 Å². The first kappa shape index (κ1) is 18.0. The number of fused-ring (bicyclic) bond motifs is 1. The second-order valence-corrected chi connectivity index (χ2v) is 6.54. The van der Waals surface area contributed by atoms with Gasteiger partial charge in [0.05, 0.1) is 12.6 Å². The Morgan fingerprint density at radius 2 is 1.96 bits per heavy atom. The van der Waals surface area contributed by atoms with Gasteiger partial charge in [-0.2, -0.15) is 0 Å². The SMILES string of the molecule is CCOC(=O)N1CCC(n2nc(Oc3ccccc3)c3c(N)ncnc32)CC1. The van der Waals surface area contributed by atoms with E-state index < -0.39 is 0 Å². The van der Waals surface area contributed by atoms with E-state index >= 15 is 0 Å². The molecule has 0 radical (unpaired) electrons. The molecule has 1 aliphatic rings. The molecule has 9 nitrogen and oxygen atoms in total. The van der Waals surface area contributed by atoms with Crippen LogP contribution in [0.3, 0.4) is 0 Å². The molecule has 28 heavy (non-hydrogen) atoms.